The molecule has 0 aliphatic carbocycles. The van der Waals surface area contributed by atoms with Crippen molar-refractivity contribution in [2.75, 3.05) is 5.32 Å². The van der Waals surface area contributed by atoms with Crippen molar-refractivity contribution in [3.8, 4) is 0 Å². The van der Waals surface area contributed by atoms with Crippen LogP contribution in [-0.2, 0) is 23.0 Å². The summed E-state index contributed by atoms with van der Waals surface area (Å²) in [5, 5.41) is 2.77. The van der Waals surface area contributed by atoms with Crippen LogP contribution in [0.2, 0.25) is 5.02 Å². The predicted octanol–water partition coefficient (Wildman–Crippen LogP) is 4.23. The van der Waals surface area contributed by atoms with Crippen LogP contribution in [0.5, 0.6) is 0 Å². The van der Waals surface area contributed by atoms with Crippen LogP contribution in [0.25, 0.3) is 0 Å². The molecule has 0 radical (unpaired) electrons. The average molecular weight is 419 g/mol. The van der Waals surface area contributed by atoms with E-state index in [0.29, 0.717) is 11.4 Å². The van der Waals surface area contributed by atoms with Gasteiger partial charge >= 0.3 is 0 Å². The van der Waals surface area contributed by atoms with E-state index in [0.717, 1.165) is 12.0 Å². The number of hydrogen-bond acceptors (Lipinski definition) is 4. The lowest BCUT2D eigenvalue weighted by atomic mass is 10.1. The molecule has 1 amide bonds. The molecular formula is C20H19ClN2O4S. The first kappa shape index (κ1) is 20.1. The monoisotopic (exact) mass is 418 g/mol. The smallest absolute Gasteiger partial charge is 0.255 e. The second kappa shape index (κ2) is 8.60. The Morgan fingerprint density at radius 1 is 1.11 bits per heavy atom. The van der Waals surface area contributed by atoms with Crippen molar-refractivity contribution in [3.05, 3.63) is 82.8 Å². The van der Waals surface area contributed by atoms with Crippen molar-refractivity contribution in [2.45, 2.75) is 24.8 Å². The summed E-state index contributed by atoms with van der Waals surface area (Å²) in [7, 11) is -3.93. The third kappa shape index (κ3) is 4.81. The quantitative estimate of drug-likeness (QED) is 0.601. The number of halogens is 1. The number of hydrogen-bond donors (Lipinski definition) is 2. The van der Waals surface area contributed by atoms with Crippen LogP contribution in [-0.4, -0.2) is 14.3 Å². The van der Waals surface area contributed by atoms with Gasteiger partial charge < -0.3 is 9.73 Å². The maximum atomic E-state index is 12.6. The van der Waals surface area contributed by atoms with Crippen LogP contribution in [0.15, 0.2) is 70.2 Å². The molecule has 28 heavy (non-hydrogen) atoms. The summed E-state index contributed by atoms with van der Waals surface area (Å²) in [5.74, 6) is 0.0347. The molecule has 2 N–H and O–H groups in total. The zero-order valence-electron chi connectivity index (χ0n) is 15.1. The second-order valence-electron chi connectivity index (χ2n) is 6.05. The van der Waals surface area contributed by atoms with E-state index in [1.54, 1.807) is 24.3 Å². The third-order valence-electron chi connectivity index (χ3n) is 4.12. The van der Waals surface area contributed by atoms with Crippen LogP contribution in [0.1, 0.15) is 28.6 Å². The lowest BCUT2D eigenvalue weighted by Crippen LogP contribution is -2.24. The van der Waals surface area contributed by atoms with Gasteiger partial charge in [-0.2, -0.15) is 0 Å². The number of aryl methyl sites for hydroxylation is 1. The molecule has 0 aliphatic heterocycles. The van der Waals surface area contributed by atoms with Crippen LogP contribution in [0, 0.1) is 0 Å². The summed E-state index contributed by atoms with van der Waals surface area (Å²) in [5.41, 5.74) is 1.96. The van der Waals surface area contributed by atoms with Crippen molar-refractivity contribution >= 4 is 33.2 Å². The molecule has 1 heterocycles. The van der Waals surface area contributed by atoms with Crippen LogP contribution >= 0.6 is 11.6 Å². The van der Waals surface area contributed by atoms with Gasteiger partial charge in [0.1, 0.15) is 10.7 Å². The number of furan rings is 1. The van der Waals surface area contributed by atoms with Gasteiger partial charge in [-0.25, -0.2) is 13.1 Å². The molecule has 3 aromatic rings. The standard InChI is InChI=1S/C20H19ClN2O4S/c1-2-14-5-8-16(9-6-14)23-20(24)15-7-10-18(21)19(12-15)28(25,26)22-13-17-4-3-11-27-17/h3-12,22H,2,13H2,1H3,(H,23,24). The minimum Gasteiger partial charge on any atom is -0.468 e. The van der Waals surface area contributed by atoms with Gasteiger partial charge in [-0.3, -0.25) is 4.79 Å². The topological polar surface area (TPSA) is 88.4 Å². The molecule has 0 bridgehead atoms. The molecule has 8 heteroatoms. The summed E-state index contributed by atoms with van der Waals surface area (Å²) in [4.78, 5) is 12.3. The van der Waals surface area contributed by atoms with E-state index < -0.39 is 15.9 Å². The Morgan fingerprint density at radius 2 is 1.86 bits per heavy atom. The maximum absolute atomic E-state index is 12.6. The van der Waals surface area contributed by atoms with Gasteiger partial charge in [-0.1, -0.05) is 30.7 Å². The highest BCUT2D eigenvalue weighted by Crippen LogP contribution is 2.23. The molecule has 2 aromatic carbocycles. The molecule has 1 aromatic heterocycles. The molecule has 146 valence electrons. The Hall–Kier alpha value is -2.61. The summed E-state index contributed by atoms with van der Waals surface area (Å²) in [6.45, 7) is 2.02. The summed E-state index contributed by atoms with van der Waals surface area (Å²) in [6, 6.07) is 14.9. The molecule has 0 atom stereocenters. The molecule has 0 saturated heterocycles. The first-order valence-electron chi connectivity index (χ1n) is 8.61. The number of sulfonamides is 1. The minimum atomic E-state index is -3.93. The third-order valence-corrected chi connectivity index (χ3v) is 6.00. The van der Waals surface area contributed by atoms with Crippen LogP contribution < -0.4 is 10.0 Å². The maximum Gasteiger partial charge on any atom is 0.255 e. The minimum absolute atomic E-state index is 0.0220. The van der Waals surface area contributed by atoms with Crippen molar-refractivity contribution < 1.29 is 17.6 Å². The lowest BCUT2D eigenvalue weighted by Gasteiger charge is -2.10. The Kier molecular flexibility index (Phi) is 6.18. The van der Waals surface area contributed by atoms with E-state index in [4.69, 9.17) is 16.0 Å². The van der Waals surface area contributed by atoms with E-state index in [1.807, 2.05) is 19.1 Å². The second-order valence-corrected chi connectivity index (χ2v) is 8.20. The number of anilines is 1. The Bertz CT molecular complexity index is 1060. The first-order valence-corrected chi connectivity index (χ1v) is 10.5. The number of amides is 1. The molecule has 6 nitrogen and oxygen atoms in total. The number of carbonyl (C=O) groups is 1. The van der Waals surface area contributed by atoms with Crippen molar-refractivity contribution in [2.24, 2.45) is 0 Å². The molecule has 0 aliphatic rings. The Morgan fingerprint density at radius 3 is 2.50 bits per heavy atom. The van der Waals surface area contributed by atoms with Gasteiger partial charge in [0.25, 0.3) is 5.91 Å². The number of rotatable bonds is 7. The van der Waals surface area contributed by atoms with Gasteiger partial charge in [-0.05, 0) is 54.4 Å². The fourth-order valence-electron chi connectivity index (χ4n) is 2.53. The largest absolute Gasteiger partial charge is 0.468 e. The Labute approximate surface area is 168 Å². The molecule has 0 fully saturated rings. The van der Waals surface area contributed by atoms with Gasteiger partial charge in [0.2, 0.25) is 10.0 Å². The molecule has 0 unspecified atom stereocenters. The first-order chi connectivity index (χ1) is 13.4. The number of nitrogens with one attached hydrogen (secondary N) is 2. The fourth-order valence-corrected chi connectivity index (χ4v) is 4.05. The summed E-state index contributed by atoms with van der Waals surface area (Å²) < 4.78 is 32.7. The molecule has 0 saturated carbocycles. The lowest BCUT2D eigenvalue weighted by molar-refractivity contribution is 0.102. The van der Waals surface area contributed by atoms with Gasteiger partial charge in [0, 0.05) is 11.3 Å². The zero-order chi connectivity index (χ0) is 20.1. The summed E-state index contributed by atoms with van der Waals surface area (Å²) >= 11 is 6.07. The van der Waals surface area contributed by atoms with Gasteiger partial charge in [-0.15, -0.1) is 0 Å². The highest BCUT2D eigenvalue weighted by atomic mass is 35.5. The molecule has 0 spiro atoms. The normalized spacial score (nSPS) is 11.4. The number of carbonyl (C=O) groups excluding carboxylic acids is 1. The van der Waals surface area contributed by atoms with Crippen LogP contribution in [0.3, 0.4) is 0 Å². The van der Waals surface area contributed by atoms with Gasteiger partial charge in [0.05, 0.1) is 17.8 Å². The van der Waals surface area contributed by atoms with Crippen LogP contribution in [0.4, 0.5) is 5.69 Å². The van der Waals surface area contributed by atoms with E-state index in [-0.39, 0.29) is 22.0 Å². The summed E-state index contributed by atoms with van der Waals surface area (Å²) in [6.07, 6.45) is 2.35. The SMILES string of the molecule is CCc1ccc(NC(=O)c2ccc(Cl)c(S(=O)(=O)NCc3ccco3)c2)cc1. The van der Waals surface area contributed by atoms with Crippen molar-refractivity contribution in [1.82, 2.24) is 4.72 Å². The van der Waals surface area contributed by atoms with E-state index >= 15 is 0 Å². The van der Waals surface area contributed by atoms with Crippen molar-refractivity contribution in [1.29, 1.82) is 0 Å². The highest BCUT2D eigenvalue weighted by molar-refractivity contribution is 7.89. The van der Waals surface area contributed by atoms with Crippen molar-refractivity contribution in [3.63, 3.8) is 0 Å². The number of benzene rings is 2. The fraction of sp³-hybridized carbons (Fsp3) is 0.150. The van der Waals surface area contributed by atoms with E-state index in [1.165, 1.54) is 24.5 Å². The zero-order valence-corrected chi connectivity index (χ0v) is 16.7. The molecule has 3 rings (SSSR count). The predicted molar refractivity (Wildman–Crippen MR) is 108 cm³/mol. The Balaban J connectivity index is 1.78. The average Bonchev–Trinajstić information content (AvgIpc) is 3.21. The van der Waals surface area contributed by atoms with E-state index in [9.17, 15) is 13.2 Å². The molecular weight excluding hydrogens is 400 g/mol. The van der Waals surface area contributed by atoms with E-state index in [2.05, 4.69) is 10.0 Å². The highest BCUT2D eigenvalue weighted by Gasteiger charge is 2.20. The van der Waals surface area contributed by atoms with Gasteiger partial charge in [0.15, 0.2) is 0 Å².